The molecular weight excluding hydrogens is 545 g/mol. The monoisotopic (exact) mass is 577 g/mol. The lowest BCUT2D eigenvalue weighted by molar-refractivity contribution is 0.107. The molecule has 0 unspecified atom stereocenters. The third-order valence-corrected chi connectivity index (χ3v) is 10.9. The van der Waals surface area contributed by atoms with Gasteiger partial charge < -0.3 is 26.0 Å². The average molecular weight is 578 g/mol. The number of aromatic nitrogens is 5. The van der Waals surface area contributed by atoms with Gasteiger partial charge in [-0.1, -0.05) is 0 Å². The average Bonchev–Trinajstić information content (AvgIpc) is 3.73. The van der Waals surface area contributed by atoms with Gasteiger partial charge in [-0.25, -0.2) is 4.39 Å². The van der Waals surface area contributed by atoms with E-state index in [9.17, 15) is 9.65 Å². The van der Waals surface area contributed by atoms with Crippen LogP contribution in [0.4, 0.5) is 27.1 Å². The topological polar surface area (TPSA) is 162 Å². The van der Waals surface area contributed by atoms with Gasteiger partial charge in [0, 0.05) is 60.6 Å². The van der Waals surface area contributed by atoms with Gasteiger partial charge in [0.15, 0.2) is 0 Å². The summed E-state index contributed by atoms with van der Waals surface area (Å²) in [6.45, 7) is 4.36. The molecule has 8 rings (SSSR count). The van der Waals surface area contributed by atoms with Crippen molar-refractivity contribution in [1.82, 2.24) is 30.0 Å². The molecule has 1 aliphatic carbocycles. The number of nitrogen functional groups attached to an aromatic ring is 2. The molecule has 214 valence electrons. The number of thiophene rings is 1. The number of hydrogen-bond acceptors (Lipinski definition) is 12. The van der Waals surface area contributed by atoms with Crippen molar-refractivity contribution in [2.45, 2.75) is 62.2 Å². The minimum atomic E-state index is -0.829. The first-order chi connectivity index (χ1) is 19.9. The van der Waals surface area contributed by atoms with Crippen LogP contribution in [0.3, 0.4) is 0 Å². The van der Waals surface area contributed by atoms with Gasteiger partial charge in [-0.2, -0.15) is 25.3 Å². The van der Waals surface area contributed by atoms with Crippen LogP contribution < -0.4 is 26.0 Å². The zero-order valence-corrected chi connectivity index (χ0v) is 23.5. The number of rotatable bonds is 5. The molecule has 5 N–H and O–H groups in total. The second kappa shape index (κ2) is 8.90. The molecule has 0 saturated carbocycles. The van der Waals surface area contributed by atoms with Gasteiger partial charge in [-0.3, -0.25) is 10.00 Å². The highest BCUT2D eigenvalue weighted by Gasteiger charge is 2.52. The summed E-state index contributed by atoms with van der Waals surface area (Å²) in [6, 6.07) is 2.59. The third-order valence-electron chi connectivity index (χ3n) is 9.82. The highest BCUT2D eigenvalue weighted by molar-refractivity contribution is 7.16. The van der Waals surface area contributed by atoms with Crippen LogP contribution in [0.2, 0.25) is 0 Å². The predicted octanol–water partition coefficient (Wildman–Crippen LogP) is 1.91. The summed E-state index contributed by atoms with van der Waals surface area (Å²) in [4.78, 5) is 22.1. The maximum atomic E-state index is 14.4. The van der Waals surface area contributed by atoms with E-state index in [0.717, 1.165) is 55.5 Å². The fourth-order valence-electron chi connectivity index (χ4n) is 7.78. The molecule has 3 aromatic heterocycles. The second-order valence-corrected chi connectivity index (χ2v) is 13.3. The first kappa shape index (κ1) is 25.0. The molecule has 0 amide bonds. The SMILES string of the molecule is N#Cc1c(N)sc2c1C1(CC2)CN(c2nc(OC[C@@]34CCCN3C[C@H](F)C4)nc(N3CCc4[nH]nc(N)c4C3)n2)C1. The molecule has 7 heterocycles. The van der Waals surface area contributed by atoms with Gasteiger partial charge in [0.1, 0.15) is 29.7 Å². The van der Waals surface area contributed by atoms with E-state index in [1.807, 2.05) is 0 Å². The van der Waals surface area contributed by atoms with Gasteiger partial charge in [0.25, 0.3) is 0 Å². The molecule has 0 aromatic carbocycles. The van der Waals surface area contributed by atoms with E-state index in [2.05, 4.69) is 31.0 Å². The maximum absolute atomic E-state index is 14.4. The van der Waals surface area contributed by atoms with Gasteiger partial charge >= 0.3 is 6.01 Å². The lowest BCUT2D eigenvalue weighted by atomic mass is 9.74. The van der Waals surface area contributed by atoms with Crippen LogP contribution in [-0.4, -0.2) is 81.1 Å². The van der Waals surface area contributed by atoms with Crippen LogP contribution in [-0.2, 0) is 24.8 Å². The number of fused-ring (bicyclic) bond motifs is 4. The van der Waals surface area contributed by atoms with Crippen molar-refractivity contribution in [2.24, 2.45) is 0 Å². The Bertz CT molecular complexity index is 1580. The Balaban J connectivity index is 1.09. The van der Waals surface area contributed by atoms with Crippen molar-refractivity contribution in [1.29, 1.82) is 5.26 Å². The minimum absolute atomic E-state index is 0.114. The number of nitrogens with two attached hydrogens (primary N) is 2. The Morgan fingerprint density at radius 1 is 1.12 bits per heavy atom. The zero-order chi connectivity index (χ0) is 27.9. The summed E-state index contributed by atoms with van der Waals surface area (Å²) in [5.74, 6) is 1.56. The fourth-order valence-corrected chi connectivity index (χ4v) is 8.92. The lowest BCUT2D eigenvalue weighted by Gasteiger charge is -2.48. The van der Waals surface area contributed by atoms with Crippen molar-refractivity contribution in [3.05, 3.63) is 27.3 Å². The smallest absolute Gasteiger partial charge is 0.323 e. The van der Waals surface area contributed by atoms with Crippen LogP contribution in [0.15, 0.2) is 0 Å². The minimum Gasteiger partial charge on any atom is -0.461 e. The summed E-state index contributed by atoms with van der Waals surface area (Å²) in [7, 11) is 0. The predicted molar refractivity (Wildman–Crippen MR) is 152 cm³/mol. The quantitative estimate of drug-likeness (QED) is 0.406. The number of nitrogens with one attached hydrogen (secondary N) is 1. The number of aryl methyl sites for hydroxylation is 1. The molecule has 3 fully saturated rings. The molecule has 0 radical (unpaired) electrons. The van der Waals surface area contributed by atoms with E-state index >= 15 is 0 Å². The Labute approximate surface area is 240 Å². The van der Waals surface area contributed by atoms with Crippen molar-refractivity contribution >= 4 is 34.1 Å². The van der Waals surface area contributed by atoms with E-state index in [-0.39, 0.29) is 17.0 Å². The largest absolute Gasteiger partial charge is 0.461 e. The Hall–Kier alpha value is -3.70. The summed E-state index contributed by atoms with van der Waals surface area (Å²) in [5, 5.41) is 17.6. The molecule has 1 spiro atoms. The molecule has 2 atom stereocenters. The maximum Gasteiger partial charge on any atom is 0.323 e. The highest BCUT2D eigenvalue weighted by atomic mass is 32.1. The highest BCUT2D eigenvalue weighted by Crippen LogP contribution is 2.52. The molecule has 4 aliphatic heterocycles. The van der Waals surface area contributed by atoms with E-state index in [1.54, 1.807) is 11.3 Å². The number of anilines is 4. The summed E-state index contributed by atoms with van der Waals surface area (Å²) < 4.78 is 20.7. The first-order valence-corrected chi connectivity index (χ1v) is 15.1. The summed E-state index contributed by atoms with van der Waals surface area (Å²) >= 11 is 1.54. The zero-order valence-electron chi connectivity index (χ0n) is 22.7. The number of nitriles is 1. The van der Waals surface area contributed by atoms with E-state index in [1.165, 1.54) is 4.88 Å². The number of aromatic amines is 1. The van der Waals surface area contributed by atoms with Gasteiger partial charge in [0.05, 0.1) is 17.6 Å². The molecule has 0 bridgehead atoms. The Morgan fingerprint density at radius 3 is 2.78 bits per heavy atom. The number of hydrogen-bond donors (Lipinski definition) is 3. The first-order valence-electron chi connectivity index (χ1n) is 14.3. The van der Waals surface area contributed by atoms with Gasteiger partial charge in [-0.05, 0) is 37.8 Å². The Kier molecular flexibility index (Phi) is 5.44. The Morgan fingerprint density at radius 2 is 1.95 bits per heavy atom. The molecule has 5 aliphatic rings. The number of ether oxygens (including phenoxy) is 1. The van der Waals surface area contributed by atoms with Crippen LogP contribution in [0.5, 0.6) is 6.01 Å². The van der Waals surface area contributed by atoms with Gasteiger partial charge in [0.2, 0.25) is 11.9 Å². The number of nitrogens with zero attached hydrogens (tertiary/aromatic N) is 8. The number of alkyl halides is 1. The van der Waals surface area contributed by atoms with Crippen LogP contribution >= 0.6 is 11.3 Å². The summed E-state index contributed by atoms with van der Waals surface area (Å²) in [6.07, 6.45) is 4.28. The van der Waals surface area contributed by atoms with E-state index < -0.39 is 6.17 Å². The lowest BCUT2D eigenvalue weighted by Crippen LogP contribution is -2.59. The van der Waals surface area contributed by atoms with Crippen LogP contribution in [0.1, 0.15) is 52.9 Å². The fraction of sp³-hybridized carbons (Fsp3) is 0.593. The van der Waals surface area contributed by atoms with Crippen LogP contribution in [0, 0.1) is 11.3 Å². The van der Waals surface area contributed by atoms with Gasteiger partial charge in [-0.15, -0.1) is 11.3 Å². The molecule has 3 saturated heterocycles. The normalized spacial score (nSPS) is 26.1. The second-order valence-electron chi connectivity index (χ2n) is 12.2. The van der Waals surface area contributed by atoms with E-state index in [4.69, 9.17) is 31.2 Å². The van der Waals surface area contributed by atoms with Crippen molar-refractivity contribution < 1.29 is 9.13 Å². The van der Waals surface area contributed by atoms with Crippen LogP contribution in [0.25, 0.3) is 0 Å². The van der Waals surface area contributed by atoms with Crippen molar-refractivity contribution in [3.8, 4) is 12.1 Å². The van der Waals surface area contributed by atoms with E-state index in [0.29, 0.717) is 74.0 Å². The molecule has 14 heteroatoms. The molecule has 3 aromatic rings. The van der Waals surface area contributed by atoms with Crippen molar-refractivity contribution in [2.75, 3.05) is 60.6 Å². The van der Waals surface area contributed by atoms with Crippen molar-refractivity contribution in [3.63, 3.8) is 0 Å². The molecular formula is C27H32FN11OS. The number of H-pyrrole nitrogens is 1. The molecule has 12 nitrogen and oxygen atoms in total. The summed E-state index contributed by atoms with van der Waals surface area (Å²) in [5.41, 5.74) is 15.6. The standard InChI is InChI=1S/C27H32FN11OS/c28-15-8-27(4-1-6-39(27)10-15)14-40-25-33-23(37-7-3-18-17(11-37)21(30)36-35-18)32-24(34-25)38-12-26(13-38)5-2-19-20(26)16(9-29)22(31)41-19/h15H,1-8,10-14,31H2,(H3,30,35,36)/t15-,27+/m1/s1. The molecule has 41 heavy (non-hydrogen) atoms. The number of halogens is 1. The third kappa shape index (κ3) is 3.78.